The fraction of sp³-hybridized carbons (Fsp3) is 0.278. The quantitative estimate of drug-likeness (QED) is 0.560. The minimum Gasteiger partial charge on any atom is -0.480 e. The molecule has 9 heteroatoms. The monoisotopic (exact) mass is 373 g/mol. The lowest BCUT2D eigenvalue weighted by atomic mass is 10.0. The van der Waals surface area contributed by atoms with Gasteiger partial charge in [-0.25, -0.2) is 4.79 Å². The number of hydrogen-bond acceptors (Lipinski definition) is 5. The van der Waals surface area contributed by atoms with E-state index in [4.69, 9.17) is 9.84 Å². The molecule has 1 fully saturated rings. The normalized spacial score (nSPS) is 16.4. The predicted molar refractivity (Wildman–Crippen MR) is 96.5 cm³/mol. The lowest BCUT2D eigenvalue weighted by molar-refractivity contribution is -0.145. The van der Waals surface area contributed by atoms with Crippen LogP contribution in [-0.2, 0) is 19.1 Å². The number of carboxylic acids is 2. The van der Waals surface area contributed by atoms with Gasteiger partial charge in [-0.05, 0) is 12.1 Å². The molecule has 3 rings (SSSR count). The van der Waals surface area contributed by atoms with Crippen LogP contribution in [0.15, 0.2) is 36.5 Å². The first kappa shape index (κ1) is 18.6. The lowest BCUT2D eigenvalue weighted by Crippen LogP contribution is -2.42. The first-order valence-electron chi connectivity index (χ1n) is 8.33. The topological polar surface area (TPSA) is 132 Å². The van der Waals surface area contributed by atoms with Gasteiger partial charge in [-0.2, -0.15) is 0 Å². The molecule has 9 nitrogen and oxygen atoms in total. The molecule has 0 radical (unpaired) electrons. The lowest BCUT2D eigenvalue weighted by Gasteiger charge is -2.31. The number of carbonyl (C=O) groups is 3. The minimum absolute atomic E-state index is 0.467. The number of amides is 1. The molecule has 1 atom stereocenters. The highest BCUT2D eigenvalue weighted by molar-refractivity contribution is 6.03. The molecule has 27 heavy (non-hydrogen) atoms. The van der Waals surface area contributed by atoms with Gasteiger partial charge in [-0.3, -0.25) is 14.5 Å². The highest BCUT2D eigenvalue weighted by Gasteiger charge is 2.30. The van der Waals surface area contributed by atoms with Gasteiger partial charge in [-0.1, -0.05) is 6.07 Å². The van der Waals surface area contributed by atoms with Gasteiger partial charge in [-0.15, -0.1) is 0 Å². The van der Waals surface area contributed by atoms with Crippen molar-refractivity contribution in [1.82, 2.24) is 9.88 Å². The molecule has 2 aromatic rings. The first-order chi connectivity index (χ1) is 13.0. The van der Waals surface area contributed by atoms with Crippen molar-refractivity contribution in [1.29, 1.82) is 0 Å². The Morgan fingerprint density at radius 3 is 2.59 bits per heavy atom. The standard InChI is InChI=1S/C18H19N3O6/c22-15(3-4-16(23)24)20-11-1-2-12-13(10-19-14(12)9-11)17(18(25)26)21-5-7-27-8-6-21/h1-4,9-10,17,19H,5-8H2,(H,20,22)(H,23,24)(H,25,26). The van der Waals surface area contributed by atoms with Crippen molar-refractivity contribution in [3.8, 4) is 0 Å². The number of carbonyl (C=O) groups excluding carboxylic acids is 1. The van der Waals surface area contributed by atoms with Crippen molar-refractivity contribution in [3.05, 3.63) is 42.1 Å². The van der Waals surface area contributed by atoms with Crippen molar-refractivity contribution in [2.24, 2.45) is 0 Å². The summed E-state index contributed by atoms with van der Waals surface area (Å²) in [4.78, 5) is 38.9. The number of benzene rings is 1. The van der Waals surface area contributed by atoms with Gasteiger partial charge in [0.05, 0.1) is 13.2 Å². The Morgan fingerprint density at radius 1 is 1.19 bits per heavy atom. The van der Waals surface area contributed by atoms with Gasteiger partial charge < -0.3 is 25.3 Å². The number of rotatable bonds is 6. The molecule has 1 unspecified atom stereocenters. The molecule has 1 aromatic carbocycles. The molecule has 0 bridgehead atoms. The molecule has 1 amide bonds. The zero-order chi connectivity index (χ0) is 19.4. The van der Waals surface area contributed by atoms with Gasteiger partial charge in [0.2, 0.25) is 5.91 Å². The van der Waals surface area contributed by atoms with E-state index in [1.165, 1.54) is 0 Å². The van der Waals surface area contributed by atoms with Crippen LogP contribution in [-0.4, -0.2) is 64.2 Å². The van der Waals surface area contributed by atoms with Gasteiger partial charge in [0.1, 0.15) is 6.04 Å². The summed E-state index contributed by atoms with van der Waals surface area (Å²) in [6.45, 7) is 2.06. The number of aliphatic carboxylic acids is 2. The summed E-state index contributed by atoms with van der Waals surface area (Å²) in [5.74, 6) is -2.72. The van der Waals surface area contributed by atoms with Crippen molar-refractivity contribution in [2.45, 2.75) is 6.04 Å². The Morgan fingerprint density at radius 2 is 1.93 bits per heavy atom. The van der Waals surface area contributed by atoms with E-state index in [0.717, 1.165) is 17.5 Å². The average molecular weight is 373 g/mol. The first-order valence-corrected chi connectivity index (χ1v) is 8.33. The third-order valence-corrected chi connectivity index (χ3v) is 4.30. The second kappa shape index (κ2) is 8.02. The smallest absolute Gasteiger partial charge is 0.328 e. The molecule has 2 heterocycles. The Labute approximate surface area is 154 Å². The van der Waals surface area contributed by atoms with Crippen LogP contribution in [0, 0.1) is 0 Å². The molecule has 1 saturated heterocycles. The molecule has 1 aliphatic rings. The maximum Gasteiger partial charge on any atom is 0.328 e. The van der Waals surface area contributed by atoms with Crippen LogP contribution < -0.4 is 5.32 Å². The summed E-state index contributed by atoms with van der Waals surface area (Å²) >= 11 is 0. The summed E-state index contributed by atoms with van der Waals surface area (Å²) in [5, 5.41) is 21.6. The largest absolute Gasteiger partial charge is 0.480 e. The summed E-state index contributed by atoms with van der Waals surface area (Å²) in [6, 6.07) is 4.25. The molecule has 0 aliphatic carbocycles. The van der Waals surface area contributed by atoms with Crippen LogP contribution in [0.25, 0.3) is 10.9 Å². The number of morpholine rings is 1. The number of aromatic amines is 1. The second-order valence-corrected chi connectivity index (χ2v) is 6.05. The van der Waals surface area contributed by atoms with Crippen LogP contribution in [0.1, 0.15) is 11.6 Å². The van der Waals surface area contributed by atoms with Crippen molar-refractivity contribution in [2.75, 3.05) is 31.6 Å². The SMILES string of the molecule is O=C(O)C=CC(=O)Nc1ccc2c(C(C(=O)O)N3CCOCC3)c[nH]c2c1. The highest BCUT2D eigenvalue weighted by Crippen LogP contribution is 2.30. The van der Waals surface area contributed by atoms with E-state index in [-0.39, 0.29) is 0 Å². The van der Waals surface area contributed by atoms with Gasteiger partial charge in [0, 0.05) is 53.6 Å². The van der Waals surface area contributed by atoms with Gasteiger partial charge in [0.15, 0.2) is 0 Å². The Bertz CT molecular complexity index is 898. The number of nitrogens with zero attached hydrogens (tertiary/aromatic N) is 1. The summed E-state index contributed by atoms with van der Waals surface area (Å²) in [7, 11) is 0. The molecule has 1 aliphatic heterocycles. The highest BCUT2D eigenvalue weighted by atomic mass is 16.5. The Hall–Kier alpha value is -3.17. The molecule has 4 N–H and O–H groups in total. The van der Waals surface area contributed by atoms with E-state index in [1.54, 1.807) is 24.4 Å². The summed E-state index contributed by atoms with van der Waals surface area (Å²) < 4.78 is 5.30. The molecular weight excluding hydrogens is 354 g/mol. The zero-order valence-electron chi connectivity index (χ0n) is 14.3. The number of anilines is 1. The van der Waals surface area contributed by atoms with Crippen LogP contribution in [0.4, 0.5) is 5.69 Å². The third kappa shape index (κ3) is 4.33. The Kier molecular flexibility index (Phi) is 5.53. The van der Waals surface area contributed by atoms with E-state index in [9.17, 15) is 19.5 Å². The van der Waals surface area contributed by atoms with Crippen LogP contribution >= 0.6 is 0 Å². The molecule has 142 valence electrons. The van der Waals surface area contributed by atoms with Gasteiger partial charge in [0.25, 0.3) is 0 Å². The van der Waals surface area contributed by atoms with E-state index < -0.39 is 23.9 Å². The zero-order valence-corrected chi connectivity index (χ0v) is 14.3. The number of fused-ring (bicyclic) bond motifs is 1. The van der Waals surface area contributed by atoms with E-state index in [2.05, 4.69) is 10.3 Å². The molecule has 0 spiro atoms. The number of H-pyrrole nitrogens is 1. The number of aromatic nitrogens is 1. The van der Waals surface area contributed by atoms with E-state index in [0.29, 0.717) is 43.1 Å². The number of ether oxygens (including phenoxy) is 1. The number of nitrogens with one attached hydrogen (secondary N) is 2. The third-order valence-electron chi connectivity index (χ3n) is 4.30. The average Bonchev–Trinajstić information content (AvgIpc) is 3.04. The predicted octanol–water partition coefficient (Wildman–Crippen LogP) is 1.21. The fourth-order valence-electron chi connectivity index (χ4n) is 3.11. The number of carboxylic acid groups (broad SMARTS) is 2. The summed E-state index contributed by atoms with van der Waals surface area (Å²) in [5.41, 5.74) is 1.78. The van der Waals surface area contributed by atoms with Crippen LogP contribution in [0.3, 0.4) is 0 Å². The maximum atomic E-state index is 11.9. The van der Waals surface area contributed by atoms with E-state index in [1.807, 2.05) is 4.90 Å². The van der Waals surface area contributed by atoms with Crippen molar-refractivity contribution >= 4 is 34.4 Å². The maximum absolute atomic E-state index is 11.9. The van der Waals surface area contributed by atoms with Crippen LogP contribution in [0.5, 0.6) is 0 Å². The number of hydrogen-bond donors (Lipinski definition) is 4. The summed E-state index contributed by atoms with van der Waals surface area (Å²) in [6.07, 6.45) is 3.33. The van der Waals surface area contributed by atoms with E-state index >= 15 is 0 Å². The molecular formula is C18H19N3O6. The van der Waals surface area contributed by atoms with Crippen LogP contribution in [0.2, 0.25) is 0 Å². The second-order valence-electron chi connectivity index (χ2n) is 6.05. The minimum atomic E-state index is -1.21. The van der Waals surface area contributed by atoms with Gasteiger partial charge >= 0.3 is 11.9 Å². The van der Waals surface area contributed by atoms with Crippen molar-refractivity contribution in [3.63, 3.8) is 0 Å². The molecule has 0 saturated carbocycles. The Balaban J connectivity index is 1.85. The van der Waals surface area contributed by atoms with Crippen molar-refractivity contribution < 1.29 is 29.3 Å². The molecule has 1 aromatic heterocycles. The fourth-order valence-corrected chi connectivity index (χ4v) is 3.11.